The lowest BCUT2D eigenvalue weighted by atomic mass is 10.0. The molecular weight excluding hydrogens is 257 g/mol. The fourth-order valence-corrected chi connectivity index (χ4v) is 1.56. The molecule has 0 aromatic heterocycles. The van der Waals surface area contributed by atoms with E-state index in [0.717, 1.165) is 6.07 Å². The highest BCUT2D eigenvalue weighted by atomic mass is 19.4. The molecule has 0 radical (unpaired) electrons. The highest BCUT2D eigenvalue weighted by Crippen LogP contribution is 2.31. The van der Waals surface area contributed by atoms with E-state index in [1.165, 1.54) is 18.2 Å². The minimum atomic E-state index is -4.44. The Morgan fingerprint density at radius 3 is 2.53 bits per heavy atom. The van der Waals surface area contributed by atoms with Crippen molar-refractivity contribution in [3.63, 3.8) is 0 Å². The number of likely N-dealkylation sites (N-methyl/N-ethyl adjacent to an activating group) is 1. The van der Waals surface area contributed by atoms with Crippen LogP contribution in [0.1, 0.15) is 18.1 Å². The first-order valence-corrected chi connectivity index (χ1v) is 5.93. The molecule has 106 valence electrons. The Balaban J connectivity index is 2.70. The number of carbonyl (C=O) groups excluding carboxylic acids is 1. The SMILES string of the molecule is CNC(C)CNC(=O)Cc1ccccc1C(F)(F)F. The molecule has 1 amide bonds. The molecule has 0 fully saturated rings. The number of hydrogen-bond acceptors (Lipinski definition) is 2. The number of rotatable bonds is 5. The van der Waals surface area contributed by atoms with Crippen molar-refractivity contribution in [2.75, 3.05) is 13.6 Å². The molecule has 0 heterocycles. The molecule has 2 N–H and O–H groups in total. The quantitative estimate of drug-likeness (QED) is 0.862. The van der Waals surface area contributed by atoms with Gasteiger partial charge in [-0.05, 0) is 25.6 Å². The fourth-order valence-electron chi connectivity index (χ4n) is 1.56. The Hall–Kier alpha value is -1.56. The highest BCUT2D eigenvalue weighted by molar-refractivity contribution is 5.79. The van der Waals surface area contributed by atoms with Crippen LogP contribution in [0.2, 0.25) is 0 Å². The van der Waals surface area contributed by atoms with Gasteiger partial charge in [-0.3, -0.25) is 4.79 Å². The van der Waals surface area contributed by atoms with Crippen molar-refractivity contribution in [2.24, 2.45) is 0 Å². The number of alkyl halides is 3. The van der Waals surface area contributed by atoms with Gasteiger partial charge >= 0.3 is 6.18 Å². The summed E-state index contributed by atoms with van der Waals surface area (Å²) in [6, 6.07) is 5.19. The van der Waals surface area contributed by atoms with Crippen LogP contribution in [0.15, 0.2) is 24.3 Å². The van der Waals surface area contributed by atoms with Gasteiger partial charge in [0.1, 0.15) is 0 Å². The monoisotopic (exact) mass is 274 g/mol. The molecule has 1 aromatic rings. The van der Waals surface area contributed by atoms with Crippen LogP contribution < -0.4 is 10.6 Å². The molecule has 1 rings (SSSR count). The van der Waals surface area contributed by atoms with Crippen molar-refractivity contribution >= 4 is 5.91 Å². The minimum absolute atomic E-state index is 0.00962. The van der Waals surface area contributed by atoms with Gasteiger partial charge in [0.25, 0.3) is 0 Å². The van der Waals surface area contributed by atoms with Crippen LogP contribution in [0.5, 0.6) is 0 Å². The third-order valence-corrected chi connectivity index (χ3v) is 2.77. The van der Waals surface area contributed by atoms with Gasteiger partial charge in [-0.25, -0.2) is 0 Å². The summed E-state index contributed by atoms with van der Waals surface area (Å²) in [5.41, 5.74) is -0.767. The maximum absolute atomic E-state index is 12.7. The van der Waals surface area contributed by atoms with E-state index in [4.69, 9.17) is 0 Å². The molecule has 3 nitrogen and oxygen atoms in total. The highest BCUT2D eigenvalue weighted by Gasteiger charge is 2.33. The first kappa shape index (κ1) is 15.5. The number of benzene rings is 1. The van der Waals surface area contributed by atoms with Crippen LogP contribution in [0.3, 0.4) is 0 Å². The lowest BCUT2D eigenvalue weighted by Crippen LogP contribution is -2.38. The lowest BCUT2D eigenvalue weighted by molar-refractivity contribution is -0.138. The maximum Gasteiger partial charge on any atom is 0.416 e. The normalized spacial score (nSPS) is 13.1. The van der Waals surface area contributed by atoms with Crippen molar-refractivity contribution in [3.05, 3.63) is 35.4 Å². The summed E-state index contributed by atoms with van der Waals surface area (Å²) >= 11 is 0. The zero-order chi connectivity index (χ0) is 14.5. The number of amides is 1. The van der Waals surface area contributed by atoms with Gasteiger partial charge in [0, 0.05) is 12.6 Å². The molecule has 0 aliphatic heterocycles. The molecule has 0 saturated heterocycles. The van der Waals surface area contributed by atoms with E-state index in [9.17, 15) is 18.0 Å². The van der Waals surface area contributed by atoms with Gasteiger partial charge in [0.15, 0.2) is 0 Å². The van der Waals surface area contributed by atoms with E-state index in [-0.39, 0.29) is 18.0 Å². The molecule has 1 atom stereocenters. The summed E-state index contributed by atoms with van der Waals surface area (Å²) in [5.74, 6) is -0.418. The summed E-state index contributed by atoms with van der Waals surface area (Å²) in [7, 11) is 1.75. The zero-order valence-corrected chi connectivity index (χ0v) is 10.8. The molecule has 0 saturated carbocycles. The average Bonchev–Trinajstić information content (AvgIpc) is 2.35. The summed E-state index contributed by atoms with van der Waals surface area (Å²) < 4.78 is 38.2. The van der Waals surface area contributed by atoms with Crippen LogP contribution in [-0.2, 0) is 17.4 Å². The Kier molecular flexibility index (Phi) is 5.35. The number of hydrogen-bond donors (Lipinski definition) is 2. The Morgan fingerprint density at radius 1 is 1.32 bits per heavy atom. The molecule has 1 aromatic carbocycles. The first-order valence-electron chi connectivity index (χ1n) is 5.93. The lowest BCUT2D eigenvalue weighted by Gasteiger charge is -2.14. The van der Waals surface area contributed by atoms with Crippen LogP contribution in [0.25, 0.3) is 0 Å². The standard InChI is InChI=1S/C13H17F3N2O/c1-9(17-2)8-18-12(19)7-10-5-3-4-6-11(10)13(14,15)16/h3-6,9,17H,7-8H2,1-2H3,(H,18,19). The third kappa shape index (κ3) is 4.90. The summed E-state index contributed by atoms with van der Waals surface area (Å²) in [4.78, 5) is 11.6. The molecular formula is C13H17F3N2O. The summed E-state index contributed by atoms with van der Waals surface area (Å²) in [6.07, 6.45) is -4.71. The van der Waals surface area contributed by atoms with Crippen LogP contribution in [0.4, 0.5) is 13.2 Å². The Labute approximate surface area is 110 Å². The molecule has 0 bridgehead atoms. The van der Waals surface area contributed by atoms with E-state index < -0.39 is 17.6 Å². The van der Waals surface area contributed by atoms with Gasteiger partial charge in [-0.1, -0.05) is 18.2 Å². The topological polar surface area (TPSA) is 41.1 Å². The smallest absolute Gasteiger partial charge is 0.354 e. The van der Waals surface area contributed by atoms with Gasteiger partial charge in [0.05, 0.1) is 12.0 Å². The van der Waals surface area contributed by atoms with Gasteiger partial charge in [0.2, 0.25) is 5.91 Å². The molecule has 6 heteroatoms. The first-order chi connectivity index (χ1) is 8.84. The van der Waals surface area contributed by atoms with Crippen molar-refractivity contribution < 1.29 is 18.0 Å². The van der Waals surface area contributed by atoms with E-state index >= 15 is 0 Å². The maximum atomic E-state index is 12.7. The molecule has 0 aliphatic rings. The number of carbonyl (C=O) groups is 1. The fraction of sp³-hybridized carbons (Fsp3) is 0.462. The molecule has 1 unspecified atom stereocenters. The molecule has 0 aliphatic carbocycles. The van der Waals surface area contributed by atoms with Gasteiger partial charge in [-0.15, -0.1) is 0 Å². The Bertz CT molecular complexity index is 432. The van der Waals surface area contributed by atoms with Crippen LogP contribution in [0, 0.1) is 0 Å². The predicted octanol–water partition coefficient (Wildman–Crippen LogP) is 1.97. The summed E-state index contributed by atoms with van der Waals surface area (Å²) in [6.45, 7) is 2.24. The number of halogens is 3. The largest absolute Gasteiger partial charge is 0.416 e. The second-order valence-electron chi connectivity index (χ2n) is 4.33. The van der Waals surface area contributed by atoms with Crippen molar-refractivity contribution in [1.82, 2.24) is 10.6 Å². The van der Waals surface area contributed by atoms with Crippen molar-refractivity contribution in [1.29, 1.82) is 0 Å². The third-order valence-electron chi connectivity index (χ3n) is 2.77. The molecule has 0 spiro atoms. The van der Waals surface area contributed by atoms with Crippen molar-refractivity contribution in [3.8, 4) is 0 Å². The van der Waals surface area contributed by atoms with Crippen LogP contribution in [-0.4, -0.2) is 25.5 Å². The van der Waals surface area contributed by atoms with E-state index in [2.05, 4.69) is 10.6 Å². The average molecular weight is 274 g/mol. The summed E-state index contributed by atoms with van der Waals surface area (Å²) in [5, 5.41) is 5.52. The van der Waals surface area contributed by atoms with E-state index in [1.807, 2.05) is 6.92 Å². The van der Waals surface area contributed by atoms with Gasteiger partial charge in [-0.2, -0.15) is 13.2 Å². The van der Waals surface area contributed by atoms with Gasteiger partial charge < -0.3 is 10.6 Å². The van der Waals surface area contributed by atoms with Crippen molar-refractivity contribution in [2.45, 2.75) is 25.6 Å². The second-order valence-corrected chi connectivity index (χ2v) is 4.33. The minimum Gasteiger partial charge on any atom is -0.354 e. The predicted molar refractivity (Wildman–Crippen MR) is 66.7 cm³/mol. The van der Waals surface area contributed by atoms with Crippen LogP contribution >= 0.6 is 0 Å². The second kappa shape index (κ2) is 6.56. The number of nitrogens with one attached hydrogen (secondary N) is 2. The van der Waals surface area contributed by atoms with E-state index in [0.29, 0.717) is 6.54 Å². The zero-order valence-electron chi connectivity index (χ0n) is 10.8. The van der Waals surface area contributed by atoms with E-state index in [1.54, 1.807) is 7.05 Å². The molecule has 19 heavy (non-hydrogen) atoms. The Morgan fingerprint density at radius 2 is 1.95 bits per heavy atom.